The van der Waals surface area contributed by atoms with Crippen molar-refractivity contribution in [1.29, 1.82) is 0 Å². The molecule has 0 atom stereocenters. The Hall–Kier alpha value is -1.56. The van der Waals surface area contributed by atoms with Crippen molar-refractivity contribution in [3.05, 3.63) is 55.0 Å². The van der Waals surface area contributed by atoms with Crippen LogP contribution in [0.15, 0.2) is 22.3 Å². The molecule has 1 aromatic rings. The highest BCUT2D eigenvalue weighted by molar-refractivity contribution is 5.54. The van der Waals surface area contributed by atoms with E-state index in [1.165, 1.54) is 66.1 Å². The summed E-state index contributed by atoms with van der Waals surface area (Å²) in [6.45, 7) is 30.8. The van der Waals surface area contributed by atoms with Crippen LogP contribution in [0.1, 0.15) is 98.9 Å². The van der Waals surface area contributed by atoms with E-state index in [9.17, 15) is 0 Å². The lowest BCUT2D eigenvalue weighted by molar-refractivity contribution is 1.15. The maximum Gasteiger partial charge on any atom is -0.0163 e. The minimum absolute atomic E-state index is 0. The van der Waals surface area contributed by atoms with Crippen LogP contribution in [0.4, 0.5) is 0 Å². The second kappa shape index (κ2) is 11.3. The van der Waals surface area contributed by atoms with E-state index >= 15 is 0 Å². The minimum Gasteiger partial charge on any atom is -0.0776 e. The Bertz CT molecular complexity index is 764. The van der Waals surface area contributed by atoms with Crippen molar-refractivity contribution in [2.45, 2.75) is 104 Å². The van der Waals surface area contributed by atoms with E-state index in [-0.39, 0.29) is 7.43 Å². The first-order valence-corrected chi connectivity index (χ1v) is 9.75. The van der Waals surface area contributed by atoms with Crippen LogP contribution in [-0.2, 0) is 0 Å². The highest BCUT2D eigenvalue weighted by atomic mass is 14.1. The first-order chi connectivity index (χ1) is 11.7. The van der Waals surface area contributed by atoms with Crippen LogP contribution in [0.3, 0.4) is 0 Å². The van der Waals surface area contributed by atoms with E-state index < -0.39 is 0 Å². The maximum atomic E-state index is 2.25. The Balaban J connectivity index is 0. The Morgan fingerprint density at radius 2 is 0.630 bits per heavy atom. The lowest BCUT2D eigenvalue weighted by Gasteiger charge is -2.13. The normalized spacial score (nSPS) is 9.56. The summed E-state index contributed by atoms with van der Waals surface area (Å²) in [5, 5.41) is 2.92. The van der Waals surface area contributed by atoms with Crippen molar-refractivity contribution in [1.82, 2.24) is 0 Å². The molecule has 0 radical (unpaired) electrons. The lowest BCUT2D eigenvalue weighted by Crippen LogP contribution is -2.34. The molecule has 0 bridgehead atoms. The van der Waals surface area contributed by atoms with Crippen LogP contribution >= 0.6 is 0 Å². The number of hydrogen-bond acceptors (Lipinski definition) is 0. The summed E-state index contributed by atoms with van der Waals surface area (Å²) < 4.78 is 0. The summed E-state index contributed by atoms with van der Waals surface area (Å²) >= 11 is 0. The zero-order valence-electron chi connectivity index (χ0n) is 20.0. The van der Waals surface area contributed by atoms with Crippen molar-refractivity contribution >= 4 is 11.1 Å². The van der Waals surface area contributed by atoms with Gasteiger partial charge in [-0.05, 0) is 141 Å². The van der Waals surface area contributed by atoms with Gasteiger partial charge in [0, 0.05) is 0 Å². The lowest BCUT2D eigenvalue weighted by atomic mass is 9.92. The van der Waals surface area contributed by atoms with Gasteiger partial charge in [0.2, 0.25) is 0 Å². The molecule has 0 aliphatic rings. The van der Waals surface area contributed by atoms with Gasteiger partial charge in [-0.1, -0.05) is 29.7 Å². The van der Waals surface area contributed by atoms with Gasteiger partial charge in [-0.3, -0.25) is 0 Å². The smallest absolute Gasteiger partial charge is 0.0163 e. The van der Waals surface area contributed by atoms with Crippen molar-refractivity contribution in [3.63, 3.8) is 0 Å². The molecule has 0 nitrogen and oxygen atoms in total. The predicted molar refractivity (Wildman–Crippen MR) is 129 cm³/mol. The summed E-state index contributed by atoms with van der Waals surface area (Å²) in [4.78, 5) is 0. The topological polar surface area (TPSA) is 0 Å². The quantitative estimate of drug-likeness (QED) is 0.446. The van der Waals surface area contributed by atoms with Crippen LogP contribution in [0, 0.1) is 27.7 Å². The van der Waals surface area contributed by atoms with Crippen LogP contribution in [0.2, 0.25) is 0 Å². The summed E-state index contributed by atoms with van der Waals surface area (Å²) in [5.41, 5.74) is 14.3. The first kappa shape index (κ1) is 27.7. The Morgan fingerprint density at radius 1 is 0.407 bits per heavy atom. The summed E-state index contributed by atoms with van der Waals surface area (Å²) in [5.74, 6) is 0. The molecule has 0 heterocycles. The summed E-state index contributed by atoms with van der Waals surface area (Å²) in [6, 6.07) is 0. The molecule has 27 heavy (non-hydrogen) atoms. The van der Waals surface area contributed by atoms with Gasteiger partial charge in [0.1, 0.15) is 0 Å². The third-order valence-corrected chi connectivity index (χ3v) is 5.75. The Morgan fingerprint density at radius 3 is 0.778 bits per heavy atom. The molecule has 0 heteroatoms. The molecule has 0 N–H and O–H groups in total. The van der Waals surface area contributed by atoms with E-state index in [2.05, 4.69) is 96.9 Å². The summed E-state index contributed by atoms with van der Waals surface area (Å²) in [6.07, 6.45) is 0. The SMILES string of the molecule is C.CC(C)=C(C)C(C)=C(C)C.CC(C)=c1c(C)c(C)c(C)c(C)c1=C(C)C. The van der Waals surface area contributed by atoms with E-state index in [0.29, 0.717) is 0 Å². The molecular formula is C27H46. The van der Waals surface area contributed by atoms with Gasteiger partial charge in [-0.2, -0.15) is 0 Å². The maximum absolute atomic E-state index is 2.25. The molecule has 0 spiro atoms. The Kier molecular flexibility index (Phi) is 11.6. The van der Waals surface area contributed by atoms with E-state index in [0.717, 1.165) is 0 Å². The average molecular weight is 371 g/mol. The number of hydrogen-bond donors (Lipinski definition) is 0. The molecule has 0 aliphatic heterocycles. The fourth-order valence-corrected chi connectivity index (χ4v) is 3.31. The molecule has 0 fully saturated rings. The third kappa shape index (κ3) is 6.83. The molecule has 0 aliphatic carbocycles. The molecule has 0 saturated heterocycles. The van der Waals surface area contributed by atoms with Crippen molar-refractivity contribution in [2.24, 2.45) is 0 Å². The van der Waals surface area contributed by atoms with Gasteiger partial charge in [0.15, 0.2) is 0 Å². The Labute approximate surface area is 170 Å². The molecule has 0 unspecified atom stereocenters. The fourth-order valence-electron chi connectivity index (χ4n) is 3.31. The van der Waals surface area contributed by atoms with Gasteiger partial charge in [0.25, 0.3) is 0 Å². The molecule has 154 valence electrons. The standard InChI is InChI=1S/C16H24.C10H18.CH4/c1-9(2)15-13(7)11(5)12(6)14(8)16(15)10(3)4;1-7(2)9(5)10(6)8(3)4;/h1-8H3;1-6H3;1H4. The number of rotatable bonds is 1. The average Bonchev–Trinajstić information content (AvgIpc) is 2.54. The first-order valence-electron chi connectivity index (χ1n) is 9.75. The van der Waals surface area contributed by atoms with Crippen molar-refractivity contribution in [3.8, 4) is 0 Å². The zero-order chi connectivity index (χ0) is 20.9. The van der Waals surface area contributed by atoms with Gasteiger partial charge in [-0.15, -0.1) is 0 Å². The van der Waals surface area contributed by atoms with Gasteiger partial charge in [-0.25, -0.2) is 0 Å². The molecule has 1 aromatic carbocycles. The molecule has 1 rings (SSSR count). The number of allylic oxidation sites excluding steroid dienone is 4. The van der Waals surface area contributed by atoms with E-state index in [1.54, 1.807) is 0 Å². The van der Waals surface area contributed by atoms with Gasteiger partial charge >= 0.3 is 0 Å². The molecule has 0 aromatic heterocycles. The summed E-state index contributed by atoms with van der Waals surface area (Å²) in [7, 11) is 0. The van der Waals surface area contributed by atoms with E-state index in [1.807, 2.05) is 0 Å². The minimum atomic E-state index is 0. The van der Waals surface area contributed by atoms with E-state index in [4.69, 9.17) is 0 Å². The van der Waals surface area contributed by atoms with Crippen LogP contribution in [0.25, 0.3) is 11.1 Å². The highest BCUT2D eigenvalue weighted by Gasteiger charge is 2.07. The van der Waals surface area contributed by atoms with Gasteiger partial charge < -0.3 is 0 Å². The monoisotopic (exact) mass is 370 g/mol. The largest absolute Gasteiger partial charge is 0.0776 e. The highest BCUT2D eigenvalue weighted by Crippen LogP contribution is 2.16. The van der Waals surface area contributed by atoms with Crippen molar-refractivity contribution in [2.75, 3.05) is 0 Å². The predicted octanol–water partition coefficient (Wildman–Crippen LogP) is 7.64. The molecular weight excluding hydrogens is 324 g/mol. The zero-order valence-corrected chi connectivity index (χ0v) is 20.0. The van der Waals surface area contributed by atoms with Crippen LogP contribution in [0.5, 0.6) is 0 Å². The third-order valence-electron chi connectivity index (χ3n) is 5.75. The molecule has 0 saturated carbocycles. The van der Waals surface area contributed by atoms with Crippen LogP contribution < -0.4 is 10.4 Å². The second-order valence-electron chi connectivity index (χ2n) is 8.50. The second-order valence-corrected chi connectivity index (χ2v) is 8.50. The van der Waals surface area contributed by atoms with Gasteiger partial charge in [0.05, 0.1) is 0 Å². The van der Waals surface area contributed by atoms with Crippen molar-refractivity contribution < 1.29 is 0 Å². The van der Waals surface area contributed by atoms with Crippen LogP contribution in [-0.4, -0.2) is 0 Å². The fraction of sp³-hybridized carbons (Fsp3) is 0.556. The number of benzene rings is 1. The molecule has 0 amide bonds.